The molecule has 0 radical (unpaired) electrons. The molecule has 1 unspecified atom stereocenters. The number of hydrogen-bond donors (Lipinski definition) is 1. The van der Waals surface area contributed by atoms with E-state index in [1.807, 2.05) is 12.1 Å². The monoisotopic (exact) mass is 298 g/mol. The van der Waals surface area contributed by atoms with Gasteiger partial charge in [-0.2, -0.15) is 0 Å². The lowest BCUT2D eigenvalue weighted by Gasteiger charge is -2.19. The van der Waals surface area contributed by atoms with E-state index in [1.54, 1.807) is 27.1 Å². The summed E-state index contributed by atoms with van der Waals surface area (Å²) in [6, 6.07) is 6.03. The first-order valence-electron chi connectivity index (χ1n) is 6.71. The first kappa shape index (κ1) is 16.8. The molecule has 0 aliphatic rings. The fourth-order valence-electron chi connectivity index (χ4n) is 1.68. The Morgan fingerprint density at radius 2 is 2.00 bits per heavy atom. The van der Waals surface area contributed by atoms with Crippen molar-refractivity contribution in [3.8, 4) is 5.75 Å². The topological polar surface area (TPSA) is 41.6 Å². The van der Waals surface area contributed by atoms with Crippen molar-refractivity contribution in [3.05, 3.63) is 28.8 Å². The standard InChI is InChI=1S/C15H23ClN2O2/c1-10(2)17-9-12-6-7-14(13(16)8-12)20-11(3)15(19)18(4)5/h6-8,10-11,17H,9H2,1-5H3. The summed E-state index contributed by atoms with van der Waals surface area (Å²) in [5, 5.41) is 3.84. The minimum Gasteiger partial charge on any atom is -0.479 e. The molecule has 4 nitrogen and oxygen atoms in total. The van der Waals surface area contributed by atoms with Gasteiger partial charge in [-0.15, -0.1) is 0 Å². The largest absolute Gasteiger partial charge is 0.479 e. The van der Waals surface area contributed by atoms with Crippen LogP contribution in [0.15, 0.2) is 18.2 Å². The predicted octanol–water partition coefficient (Wildman–Crippen LogP) is 2.69. The van der Waals surface area contributed by atoms with Crippen LogP contribution >= 0.6 is 11.6 Å². The highest BCUT2D eigenvalue weighted by atomic mass is 35.5. The Labute approximate surface area is 126 Å². The molecule has 0 bridgehead atoms. The van der Waals surface area contributed by atoms with Crippen molar-refractivity contribution >= 4 is 17.5 Å². The Hall–Kier alpha value is -1.26. The highest BCUT2D eigenvalue weighted by Gasteiger charge is 2.17. The molecule has 1 rings (SSSR count). The number of ether oxygens (including phenoxy) is 1. The summed E-state index contributed by atoms with van der Waals surface area (Å²) in [5.41, 5.74) is 1.09. The Morgan fingerprint density at radius 1 is 1.35 bits per heavy atom. The molecule has 20 heavy (non-hydrogen) atoms. The number of rotatable bonds is 6. The van der Waals surface area contributed by atoms with Crippen LogP contribution in [0.4, 0.5) is 0 Å². The van der Waals surface area contributed by atoms with Crippen LogP contribution in [0.2, 0.25) is 5.02 Å². The van der Waals surface area contributed by atoms with Gasteiger partial charge >= 0.3 is 0 Å². The van der Waals surface area contributed by atoms with Crippen molar-refractivity contribution in [2.45, 2.75) is 39.5 Å². The molecule has 0 saturated heterocycles. The molecule has 0 fully saturated rings. The predicted molar refractivity (Wildman–Crippen MR) is 82.2 cm³/mol. The third-order valence-electron chi connectivity index (χ3n) is 2.80. The van der Waals surface area contributed by atoms with Gasteiger partial charge in [0.2, 0.25) is 0 Å². The highest BCUT2D eigenvalue weighted by molar-refractivity contribution is 6.32. The van der Waals surface area contributed by atoms with E-state index in [2.05, 4.69) is 19.2 Å². The second-order valence-corrected chi connectivity index (χ2v) is 5.70. The van der Waals surface area contributed by atoms with Crippen LogP contribution < -0.4 is 10.1 Å². The number of benzene rings is 1. The van der Waals surface area contributed by atoms with Gasteiger partial charge in [-0.1, -0.05) is 31.5 Å². The highest BCUT2D eigenvalue weighted by Crippen LogP contribution is 2.26. The molecule has 1 N–H and O–H groups in total. The minimum absolute atomic E-state index is 0.0911. The fraction of sp³-hybridized carbons (Fsp3) is 0.533. The van der Waals surface area contributed by atoms with Crippen LogP contribution in [0.5, 0.6) is 5.75 Å². The number of halogens is 1. The fourth-order valence-corrected chi connectivity index (χ4v) is 1.92. The molecule has 0 aromatic heterocycles. The van der Waals surface area contributed by atoms with Gasteiger partial charge in [0.25, 0.3) is 5.91 Å². The second kappa shape index (κ2) is 7.50. The summed E-state index contributed by atoms with van der Waals surface area (Å²) < 4.78 is 5.61. The lowest BCUT2D eigenvalue weighted by Crippen LogP contribution is -2.35. The van der Waals surface area contributed by atoms with E-state index in [-0.39, 0.29) is 5.91 Å². The van der Waals surface area contributed by atoms with E-state index in [0.29, 0.717) is 16.8 Å². The van der Waals surface area contributed by atoms with Gasteiger partial charge in [-0.3, -0.25) is 4.79 Å². The molecule has 1 atom stereocenters. The molecule has 1 aromatic rings. The molecule has 1 aromatic carbocycles. The van der Waals surface area contributed by atoms with Gasteiger partial charge in [-0.25, -0.2) is 0 Å². The van der Waals surface area contributed by atoms with Gasteiger partial charge in [0.15, 0.2) is 6.10 Å². The second-order valence-electron chi connectivity index (χ2n) is 5.29. The maximum absolute atomic E-state index is 11.8. The van der Waals surface area contributed by atoms with Crippen LogP contribution in [0, 0.1) is 0 Å². The van der Waals surface area contributed by atoms with Gasteiger partial charge in [0, 0.05) is 26.7 Å². The van der Waals surface area contributed by atoms with E-state index < -0.39 is 6.10 Å². The summed E-state index contributed by atoms with van der Waals surface area (Å²) in [4.78, 5) is 13.3. The summed E-state index contributed by atoms with van der Waals surface area (Å²) in [5.74, 6) is 0.439. The van der Waals surface area contributed by atoms with E-state index in [4.69, 9.17) is 16.3 Å². The Kier molecular flexibility index (Phi) is 6.30. The van der Waals surface area contributed by atoms with E-state index >= 15 is 0 Å². The maximum Gasteiger partial charge on any atom is 0.262 e. The SMILES string of the molecule is CC(C)NCc1ccc(OC(C)C(=O)N(C)C)c(Cl)c1. The molecule has 0 saturated carbocycles. The molecular formula is C15H23ClN2O2. The smallest absolute Gasteiger partial charge is 0.262 e. The van der Waals surface area contributed by atoms with Crippen LogP contribution in [0.25, 0.3) is 0 Å². The quantitative estimate of drug-likeness (QED) is 0.878. The van der Waals surface area contributed by atoms with Crippen LogP contribution in [0.1, 0.15) is 26.3 Å². The third kappa shape index (κ3) is 5.02. The normalized spacial score (nSPS) is 12.3. The Morgan fingerprint density at radius 3 is 2.50 bits per heavy atom. The van der Waals surface area contributed by atoms with E-state index in [9.17, 15) is 4.79 Å². The minimum atomic E-state index is -0.554. The van der Waals surface area contributed by atoms with Crippen LogP contribution in [-0.2, 0) is 11.3 Å². The van der Waals surface area contributed by atoms with Crippen molar-refractivity contribution < 1.29 is 9.53 Å². The molecule has 0 spiro atoms. The molecule has 0 aliphatic heterocycles. The number of likely N-dealkylation sites (N-methyl/N-ethyl adjacent to an activating group) is 1. The molecule has 0 aliphatic carbocycles. The van der Waals surface area contributed by atoms with Gasteiger partial charge < -0.3 is 15.0 Å². The third-order valence-corrected chi connectivity index (χ3v) is 3.10. The van der Waals surface area contributed by atoms with Gasteiger partial charge in [0.05, 0.1) is 5.02 Å². The molecule has 112 valence electrons. The van der Waals surface area contributed by atoms with Gasteiger partial charge in [0.1, 0.15) is 5.75 Å². The lowest BCUT2D eigenvalue weighted by molar-refractivity contribution is -0.135. The number of hydrogen-bond acceptors (Lipinski definition) is 3. The maximum atomic E-state index is 11.8. The van der Waals surface area contributed by atoms with Crippen molar-refractivity contribution in [2.24, 2.45) is 0 Å². The zero-order chi connectivity index (χ0) is 15.3. The zero-order valence-electron chi connectivity index (χ0n) is 12.7. The van der Waals surface area contributed by atoms with E-state index in [1.165, 1.54) is 4.90 Å². The molecular weight excluding hydrogens is 276 g/mol. The summed E-state index contributed by atoms with van der Waals surface area (Å²) in [6.45, 7) is 6.65. The zero-order valence-corrected chi connectivity index (χ0v) is 13.5. The van der Waals surface area contributed by atoms with Crippen molar-refractivity contribution in [1.29, 1.82) is 0 Å². The van der Waals surface area contributed by atoms with Gasteiger partial charge in [-0.05, 0) is 24.6 Å². The molecule has 0 heterocycles. The Balaban J connectivity index is 2.71. The van der Waals surface area contributed by atoms with Crippen molar-refractivity contribution in [3.63, 3.8) is 0 Å². The van der Waals surface area contributed by atoms with Crippen molar-refractivity contribution in [2.75, 3.05) is 14.1 Å². The Bertz CT molecular complexity index is 461. The summed E-state index contributed by atoms with van der Waals surface area (Å²) in [7, 11) is 3.40. The summed E-state index contributed by atoms with van der Waals surface area (Å²) in [6.07, 6.45) is -0.554. The number of nitrogens with one attached hydrogen (secondary N) is 1. The summed E-state index contributed by atoms with van der Waals surface area (Å²) >= 11 is 6.20. The average molecular weight is 299 g/mol. The number of amides is 1. The average Bonchev–Trinajstić information content (AvgIpc) is 2.37. The number of carbonyl (C=O) groups excluding carboxylic acids is 1. The first-order valence-corrected chi connectivity index (χ1v) is 7.08. The molecule has 5 heteroatoms. The van der Waals surface area contributed by atoms with E-state index in [0.717, 1.165) is 12.1 Å². The van der Waals surface area contributed by atoms with Crippen molar-refractivity contribution in [1.82, 2.24) is 10.2 Å². The number of carbonyl (C=O) groups is 1. The number of nitrogens with zero attached hydrogens (tertiary/aromatic N) is 1. The van der Waals surface area contributed by atoms with Crippen LogP contribution in [-0.4, -0.2) is 37.0 Å². The molecule has 1 amide bonds. The first-order chi connectivity index (χ1) is 9.31. The lowest BCUT2D eigenvalue weighted by atomic mass is 10.2. The van der Waals surface area contributed by atoms with Crippen LogP contribution in [0.3, 0.4) is 0 Å².